The lowest BCUT2D eigenvalue weighted by Crippen LogP contribution is -2.36. The van der Waals surface area contributed by atoms with Crippen LogP contribution in [0.3, 0.4) is 0 Å². The van der Waals surface area contributed by atoms with E-state index in [2.05, 4.69) is 28.5 Å². The summed E-state index contributed by atoms with van der Waals surface area (Å²) in [6.45, 7) is 2.04. The minimum absolute atomic E-state index is 0.0344. The molecule has 1 aliphatic heterocycles. The summed E-state index contributed by atoms with van der Waals surface area (Å²) in [4.78, 5) is 5.66. The molecule has 1 aromatic carbocycles. The molecule has 0 radical (unpaired) electrons. The first kappa shape index (κ1) is 11.0. The van der Waals surface area contributed by atoms with E-state index in [1.165, 1.54) is 17.4 Å². The average molecular weight is 255 g/mol. The van der Waals surface area contributed by atoms with Gasteiger partial charge in [-0.3, -0.25) is 4.68 Å². The Morgan fingerprint density at radius 3 is 2.84 bits per heavy atom. The van der Waals surface area contributed by atoms with Crippen LogP contribution in [0, 0.1) is 6.92 Å². The Balaban J connectivity index is 1.74. The monoisotopic (exact) mass is 255 g/mol. The Labute approximate surface area is 112 Å². The van der Waals surface area contributed by atoms with Gasteiger partial charge in [-0.15, -0.1) is 0 Å². The van der Waals surface area contributed by atoms with Gasteiger partial charge in [0.25, 0.3) is 0 Å². The molecule has 0 bridgehead atoms. The number of hydrogen-bond acceptors (Lipinski definition) is 3. The Morgan fingerprint density at radius 2 is 2.16 bits per heavy atom. The lowest BCUT2D eigenvalue weighted by molar-refractivity contribution is -0.0755. The fraction of sp³-hybridized carbons (Fsp3) is 0.467. The zero-order valence-electron chi connectivity index (χ0n) is 11.3. The zero-order chi connectivity index (χ0) is 13.0. The highest BCUT2D eigenvalue weighted by Crippen LogP contribution is 2.43. The molecule has 1 saturated carbocycles. The van der Waals surface area contributed by atoms with E-state index in [-0.39, 0.29) is 5.60 Å². The van der Waals surface area contributed by atoms with Crippen LogP contribution in [-0.4, -0.2) is 21.1 Å². The molecule has 19 heavy (non-hydrogen) atoms. The van der Waals surface area contributed by atoms with Gasteiger partial charge in [0.1, 0.15) is 5.60 Å². The van der Waals surface area contributed by atoms with Crippen LogP contribution in [0.5, 0.6) is 0 Å². The van der Waals surface area contributed by atoms with E-state index in [0.29, 0.717) is 0 Å². The average Bonchev–Trinajstić information content (AvgIpc) is 2.92. The highest BCUT2D eigenvalue weighted by atomic mass is 16.7. The first-order valence-electron chi connectivity index (χ1n) is 6.86. The standard InChI is InChI=1S/C15H17N3O/c1-10-12-5-4-11(8-14(12)18(2)16-10)13-9-15(19-17-13)6-3-7-15/h4-5,8H,3,6-7,9H2,1-2H3. The van der Waals surface area contributed by atoms with Crippen LogP contribution in [0.4, 0.5) is 0 Å². The van der Waals surface area contributed by atoms with E-state index < -0.39 is 0 Å². The molecule has 0 saturated heterocycles. The van der Waals surface area contributed by atoms with Gasteiger partial charge in [0.2, 0.25) is 0 Å². The predicted molar refractivity (Wildman–Crippen MR) is 74.3 cm³/mol. The van der Waals surface area contributed by atoms with Crippen molar-refractivity contribution in [3.63, 3.8) is 0 Å². The predicted octanol–water partition coefficient (Wildman–Crippen LogP) is 2.93. The second-order valence-corrected chi connectivity index (χ2v) is 5.78. The van der Waals surface area contributed by atoms with Crippen molar-refractivity contribution < 1.29 is 4.84 Å². The molecule has 2 aromatic rings. The van der Waals surface area contributed by atoms with Crippen molar-refractivity contribution in [3.8, 4) is 0 Å². The first-order valence-corrected chi connectivity index (χ1v) is 6.86. The first-order chi connectivity index (χ1) is 9.17. The molecule has 2 aliphatic rings. The van der Waals surface area contributed by atoms with Gasteiger partial charge in [-0.1, -0.05) is 17.3 Å². The number of benzene rings is 1. The molecule has 4 nitrogen and oxygen atoms in total. The van der Waals surface area contributed by atoms with Gasteiger partial charge in [0, 0.05) is 24.4 Å². The van der Waals surface area contributed by atoms with E-state index in [1.807, 2.05) is 18.7 Å². The number of oxime groups is 1. The molecule has 98 valence electrons. The topological polar surface area (TPSA) is 39.4 Å². The lowest BCUT2D eigenvalue weighted by Gasteiger charge is -2.34. The normalized spacial score (nSPS) is 20.4. The third-order valence-corrected chi connectivity index (χ3v) is 4.47. The summed E-state index contributed by atoms with van der Waals surface area (Å²) >= 11 is 0. The summed E-state index contributed by atoms with van der Waals surface area (Å²) in [5.41, 5.74) is 4.52. The van der Waals surface area contributed by atoms with Gasteiger partial charge in [-0.25, -0.2) is 0 Å². The Bertz CT molecular complexity index is 695. The molecular formula is C15H17N3O. The highest BCUT2D eigenvalue weighted by Gasteiger charge is 2.44. The molecule has 0 N–H and O–H groups in total. The van der Waals surface area contributed by atoms with Crippen molar-refractivity contribution in [2.75, 3.05) is 0 Å². The summed E-state index contributed by atoms with van der Waals surface area (Å²) in [7, 11) is 1.99. The van der Waals surface area contributed by atoms with Gasteiger partial charge < -0.3 is 4.84 Å². The van der Waals surface area contributed by atoms with Gasteiger partial charge in [-0.2, -0.15) is 5.10 Å². The molecule has 0 amide bonds. The van der Waals surface area contributed by atoms with Crippen molar-refractivity contribution in [2.45, 2.75) is 38.2 Å². The van der Waals surface area contributed by atoms with Gasteiger partial charge in [0.05, 0.1) is 16.9 Å². The number of rotatable bonds is 1. The summed E-state index contributed by atoms with van der Waals surface area (Å²) in [6.07, 6.45) is 4.51. The second-order valence-electron chi connectivity index (χ2n) is 5.78. The maximum atomic E-state index is 5.66. The van der Waals surface area contributed by atoms with E-state index in [9.17, 15) is 0 Å². The number of aryl methyl sites for hydroxylation is 2. The van der Waals surface area contributed by atoms with Crippen molar-refractivity contribution in [2.24, 2.45) is 12.2 Å². The number of hydrogen-bond donors (Lipinski definition) is 0. The summed E-state index contributed by atoms with van der Waals surface area (Å²) < 4.78 is 1.93. The molecule has 1 spiro atoms. The molecule has 2 heterocycles. The van der Waals surface area contributed by atoms with Crippen LogP contribution in [-0.2, 0) is 11.9 Å². The van der Waals surface area contributed by atoms with Gasteiger partial charge >= 0.3 is 0 Å². The van der Waals surface area contributed by atoms with Crippen LogP contribution >= 0.6 is 0 Å². The van der Waals surface area contributed by atoms with Gasteiger partial charge in [-0.05, 0) is 32.3 Å². The summed E-state index contributed by atoms with van der Waals surface area (Å²) in [5, 5.41) is 9.98. The maximum absolute atomic E-state index is 5.66. The molecule has 1 aromatic heterocycles. The van der Waals surface area contributed by atoms with Crippen LogP contribution < -0.4 is 0 Å². The van der Waals surface area contributed by atoms with Crippen LogP contribution in [0.25, 0.3) is 10.9 Å². The summed E-state index contributed by atoms with van der Waals surface area (Å²) in [5.74, 6) is 0. The fourth-order valence-corrected chi connectivity index (χ4v) is 3.13. The second kappa shape index (κ2) is 3.59. The third kappa shape index (κ3) is 1.52. The number of nitrogens with zero attached hydrogens (tertiary/aromatic N) is 3. The number of fused-ring (bicyclic) bond motifs is 1. The van der Waals surface area contributed by atoms with Crippen molar-refractivity contribution in [3.05, 3.63) is 29.5 Å². The van der Waals surface area contributed by atoms with E-state index in [0.717, 1.165) is 36.2 Å². The Hall–Kier alpha value is -1.84. The van der Waals surface area contributed by atoms with E-state index >= 15 is 0 Å². The quantitative estimate of drug-likeness (QED) is 0.786. The zero-order valence-corrected chi connectivity index (χ0v) is 11.3. The van der Waals surface area contributed by atoms with Crippen molar-refractivity contribution in [1.29, 1.82) is 0 Å². The molecule has 4 rings (SSSR count). The van der Waals surface area contributed by atoms with Crippen LogP contribution in [0.1, 0.15) is 36.9 Å². The molecule has 1 aliphatic carbocycles. The van der Waals surface area contributed by atoms with Gasteiger partial charge in [0.15, 0.2) is 0 Å². The third-order valence-electron chi connectivity index (χ3n) is 4.47. The van der Waals surface area contributed by atoms with Crippen LogP contribution in [0.2, 0.25) is 0 Å². The van der Waals surface area contributed by atoms with Crippen molar-refractivity contribution in [1.82, 2.24) is 9.78 Å². The fourth-order valence-electron chi connectivity index (χ4n) is 3.13. The van der Waals surface area contributed by atoms with E-state index in [4.69, 9.17) is 4.84 Å². The van der Waals surface area contributed by atoms with Crippen LogP contribution in [0.15, 0.2) is 23.4 Å². The SMILES string of the molecule is Cc1nn(C)c2cc(C3=NOC4(CCC4)C3)ccc12. The maximum Gasteiger partial charge on any atom is 0.143 e. The minimum Gasteiger partial charge on any atom is -0.389 e. The Kier molecular flexibility index (Phi) is 2.08. The molecule has 0 unspecified atom stereocenters. The smallest absolute Gasteiger partial charge is 0.143 e. The Morgan fingerprint density at radius 1 is 1.32 bits per heavy atom. The molecule has 0 atom stereocenters. The van der Waals surface area contributed by atoms with Crippen molar-refractivity contribution >= 4 is 16.6 Å². The number of aromatic nitrogens is 2. The molecular weight excluding hydrogens is 238 g/mol. The van der Waals surface area contributed by atoms with E-state index in [1.54, 1.807) is 0 Å². The summed E-state index contributed by atoms with van der Waals surface area (Å²) in [6, 6.07) is 6.45. The lowest BCUT2D eigenvalue weighted by atomic mass is 9.76. The highest BCUT2D eigenvalue weighted by molar-refractivity contribution is 6.04. The minimum atomic E-state index is 0.0344. The molecule has 1 fully saturated rings. The molecule has 4 heteroatoms. The largest absolute Gasteiger partial charge is 0.389 e.